The molecular weight excluding hydrogens is 218 g/mol. The van der Waals surface area contributed by atoms with E-state index in [4.69, 9.17) is 5.73 Å². The van der Waals surface area contributed by atoms with Gasteiger partial charge in [-0.1, -0.05) is 31.5 Å². The van der Waals surface area contributed by atoms with Gasteiger partial charge in [0.15, 0.2) is 0 Å². The van der Waals surface area contributed by atoms with Crippen LogP contribution in [0.5, 0.6) is 0 Å². The molecule has 0 radical (unpaired) electrons. The molecule has 1 fully saturated rings. The Kier molecular flexibility index (Phi) is 3.43. The smallest absolute Gasteiger partial charge is 0.0108 e. The van der Waals surface area contributed by atoms with Gasteiger partial charge in [0.25, 0.3) is 0 Å². The molecule has 1 nitrogen and oxygen atoms in total. The van der Waals surface area contributed by atoms with Gasteiger partial charge in [0.2, 0.25) is 0 Å². The van der Waals surface area contributed by atoms with Crippen LogP contribution in [0, 0.1) is 5.92 Å². The molecule has 3 rings (SSSR count). The van der Waals surface area contributed by atoms with Crippen LogP contribution in [0.2, 0.25) is 0 Å². The van der Waals surface area contributed by atoms with Crippen molar-refractivity contribution >= 4 is 0 Å². The molecule has 0 spiro atoms. The van der Waals surface area contributed by atoms with Crippen LogP contribution < -0.4 is 5.73 Å². The highest BCUT2D eigenvalue weighted by molar-refractivity contribution is 5.37. The molecule has 1 heteroatoms. The summed E-state index contributed by atoms with van der Waals surface area (Å²) in [5.74, 6) is 1.50. The molecule has 0 heterocycles. The minimum absolute atomic E-state index is 0.382. The second-order valence-electron chi connectivity index (χ2n) is 6.24. The van der Waals surface area contributed by atoms with Crippen LogP contribution in [0.25, 0.3) is 0 Å². The number of hydrogen-bond donors (Lipinski definition) is 1. The summed E-state index contributed by atoms with van der Waals surface area (Å²) in [6.45, 7) is 2.32. The molecule has 0 saturated heterocycles. The van der Waals surface area contributed by atoms with Crippen molar-refractivity contribution in [2.24, 2.45) is 11.7 Å². The number of hydrogen-bond acceptors (Lipinski definition) is 1. The molecule has 98 valence electrons. The molecule has 1 aromatic carbocycles. The number of aryl methyl sites for hydroxylation is 2. The molecule has 2 aliphatic rings. The van der Waals surface area contributed by atoms with E-state index < -0.39 is 0 Å². The van der Waals surface area contributed by atoms with Crippen molar-refractivity contribution in [2.75, 3.05) is 0 Å². The lowest BCUT2D eigenvalue weighted by Crippen LogP contribution is -2.34. The van der Waals surface area contributed by atoms with E-state index >= 15 is 0 Å². The molecule has 0 aromatic heterocycles. The average Bonchev–Trinajstić information content (AvgIpc) is 2.86. The largest absolute Gasteiger partial charge is 0.327 e. The fourth-order valence-corrected chi connectivity index (χ4v) is 3.86. The highest BCUT2D eigenvalue weighted by atomic mass is 14.7. The minimum atomic E-state index is 0.382. The summed E-state index contributed by atoms with van der Waals surface area (Å²) >= 11 is 0. The quantitative estimate of drug-likeness (QED) is 0.840. The maximum absolute atomic E-state index is 6.37. The third-order valence-corrected chi connectivity index (χ3v) is 5.14. The molecule has 18 heavy (non-hydrogen) atoms. The third-order valence-electron chi connectivity index (χ3n) is 5.14. The van der Waals surface area contributed by atoms with Gasteiger partial charge in [-0.05, 0) is 67.1 Å². The zero-order chi connectivity index (χ0) is 12.5. The fourth-order valence-electron chi connectivity index (χ4n) is 3.86. The normalized spacial score (nSPS) is 31.3. The van der Waals surface area contributed by atoms with E-state index in [1.807, 2.05) is 0 Å². The first-order chi connectivity index (χ1) is 8.78. The van der Waals surface area contributed by atoms with Gasteiger partial charge in [0.1, 0.15) is 0 Å². The molecule has 3 unspecified atom stereocenters. The lowest BCUT2D eigenvalue weighted by Gasteiger charge is -2.34. The van der Waals surface area contributed by atoms with Crippen LogP contribution in [-0.2, 0) is 12.8 Å². The Morgan fingerprint density at radius 1 is 1.17 bits per heavy atom. The van der Waals surface area contributed by atoms with E-state index in [-0.39, 0.29) is 0 Å². The van der Waals surface area contributed by atoms with E-state index in [2.05, 4.69) is 25.1 Å². The number of nitrogens with two attached hydrogens (primary N) is 1. The molecule has 2 aliphatic carbocycles. The van der Waals surface area contributed by atoms with Gasteiger partial charge in [-0.15, -0.1) is 0 Å². The summed E-state index contributed by atoms with van der Waals surface area (Å²) in [5.41, 5.74) is 11.1. The van der Waals surface area contributed by atoms with Crippen molar-refractivity contribution in [2.45, 2.75) is 63.8 Å². The molecule has 1 saturated carbocycles. The second-order valence-corrected chi connectivity index (χ2v) is 6.24. The Hall–Kier alpha value is -0.820. The molecule has 2 N–H and O–H groups in total. The zero-order valence-electron chi connectivity index (χ0n) is 11.5. The van der Waals surface area contributed by atoms with E-state index in [1.54, 1.807) is 11.1 Å². The van der Waals surface area contributed by atoms with Crippen LogP contribution in [-0.4, -0.2) is 6.04 Å². The second kappa shape index (κ2) is 5.05. The predicted molar refractivity (Wildman–Crippen MR) is 76.8 cm³/mol. The lowest BCUT2D eigenvalue weighted by molar-refractivity contribution is 0.282. The summed E-state index contributed by atoms with van der Waals surface area (Å²) in [6, 6.07) is 7.56. The summed E-state index contributed by atoms with van der Waals surface area (Å²) in [5, 5.41) is 0. The Bertz CT molecular complexity index is 424. The zero-order valence-corrected chi connectivity index (χ0v) is 11.5. The number of rotatable bonds is 2. The Morgan fingerprint density at radius 2 is 2.00 bits per heavy atom. The molecule has 0 bridgehead atoms. The van der Waals surface area contributed by atoms with Gasteiger partial charge in [-0.25, -0.2) is 0 Å². The Labute approximate surface area is 111 Å². The maximum atomic E-state index is 6.37. The summed E-state index contributed by atoms with van der Waals surface area (Å²) in [6.07, 6.45) is 9.06. The predicted octanol–water partition coefficient (Wildman–Crippen LogP) is 3.80. The first kappa shape index (κ1) is 12.2. The first-order valence-electron chi connectivity index (χ1n) is 7.65. The van der Waals surface area contributed by atoms with Gasteiger partial charge < -0.3 is 5.73 Å². The standard InChI is InChI=1S/C17H25N/c1-2-12-6-9-17(18)16(10-12)15-8-7-13-4-3-5-14(13)11-15/h7-8,11-12,16-17H,2-6,9-10,18H2,1H3. The topological polar surface area (TPSA) is 26.0 Å². The summed E-state index contributed by atoms with van der Waals surface area (Å²) in [7, 11) is 0. The van der Waals surface area contributed by atoms with E-state index in [0.717, 1.165) is 5.92 Å². The highest BCUT2D eigenvalue weighted by Gasteiger charge is 2.29. The van der Waals surface area contributed by atoms with Crippen LogP contribution in [0.3, 0.4) is 0 Å². The molecule has 3 atom stereocenters. The molecular formula is C17H25N. The SMILES string of the molecule is CCC1CCC(N)C(c2ccc3c(c2)CCC3)C1. The van der Waals surface area contributed by atoms with Crippen molar-refractivity contribution in [1.82, 2.24) is 0 Å². The molecule has 0 aliphatic heterocycles. The first-order valence-corrected chi connectivity index (χ1v) is 7.65. The van der Waals surface area contributed by atoms with Gasteiger partial charge in [-0.2, -0.15) is 0 Å². The Morgan fingerprint density at radius 3 is 2.83 bits per heavy atom. The maximum Gasteiger partial charge on any atom is 0.0108 e. The summed E-state index contributed by atoms with van der Waals surface area (Å²) < 4.78 is 0. The Balaban J connectivity index is 1.84. The minimum Gasteiger partial charge on any atom is -0.327 e. The van der Waals surface area contributed by atoms with Gasteiger partial charge in [-0.3, -0.25) is 0 Å². The summed E-state index contributed by atoms with van der Waals surface area (Å²) in [4.78, 5) is 0. The fraction of sp³-hybridized carbons (Fsp3) is 0.647. The van der Waals surface area contributed by atoms with E-state index in [1.165, 1.54) is 50.5 Å². The van der Waals surface area contributed by atoms with Crippen molar-refractivity contribution in [3.8, 4) is 0 Å². The lowest BCUT2D eigenvalue weighted by atomic mass is 9.74. The van der Waals surface area contributed by atoms with Crippen LogP contribution in [0.4, 0.5) is 0 Å². The molecule has 0 amide bonds. The van der Waals surface area contributed by atoms with Crippen molar-refractivity contribution < 1.29 is 0 Å². The van der Waals surface area contributed by atoms with Gasteiger partial charge in [0.05, 0.1) is 0 Å². The van der Waals surface area contributed by atoms with Gasteiger partial charge >= 0.3 is 0 Å². The van der Waals surface area contributed by atoms with Crippen molar-refractivity contribution in [3.63, 3.8) is 0 Å². The van der Waals surface area contributed by atoms with Gasteiger partial charge in [0, 0.05) is 6.04 Å². The number of benzene rings is 1. The van der Waals surface area contributed by atoms with Crippen LogP contribution in [0.1, 0.15) is 61.6 Å². The monoisotopic (exact) mass is 243 g/mol. The molecule has 1 aromatic rings. The highest BCUT2D eigenvalue weighted by Crippen LogP contribution is 2.38. The average molecular weight is 243 g/mol. The van der Waals surface area contributed by atoms with Crippen LogP contribution in [0.15, 0.2) is 18.2 Å². The number of fused-ring (bicyclic) bond motifs is 1. The van der Waals surface area contributed by atoms with E-state index in [0.29, 0.717) is 12.0 Å². The van der Waals surface area contributed by atoms with Crippen LogP contribution >= 0.6 is 0 Å². The third kappa shape index (κ3) is 2.21. The van der Waals surface area contributed by atoms with Crippen molar-refractivity contribution in [1.29, 1.82) is 0 Å². The van der Waals surface area contributed by atoms with E-state index in [9.17, 15) is 0 Å². The van der Waals surface area contributed by atoms with Crippen molar-refractivity contribution in [3.05, 3.63) is 34.9 Å².